The van der Waals surface area contributed by atoms with Crippen LogP contribution in [-0.4, -0.2) is 42.4 Å². The Hall–Kier alpha value is -2.18. The SMILES string of the molecule is CC1(CN)CCN(C(=O)C(Cc2ccccc2)NC(=O)c2cccs2)CC1. The number of carbonyl (C=O) groups is 2. The molecule has 0 radical (unpaired) electrons. The molecule has 2 heterocycles. The van der Waals surface area contributed by atoms with Gasteiger partial charge in [0.1, 0.15) is 6.04 Å². The number of hydrogen-bond donors (Lipinski definition) is 2. The molecule has 144 valence electrons. The Morgan fingerprint density at radius 3 is 2.48 bits per heavy atom. The maximum atomic E-state index is 13.2. The fourth-order valence-corrected chi connectivity index (χ4v) is 4.01. The van der Waals surface area contributed by atoms with E-state index in [1.54, 1.807) is 6.07 Å². The minimum atomic E-state index is -0.566. The third-order valence-corrected chi connectivity index (χ3v) is 6.27. The van der Waals surface area contributed by atoms with E-state index in [1.807, 2.05) is 46.7 Å². The van der Waals surface area contributed by atoms with Crippen molar-refractivity contribution in [2.45, 2.75) is 32.2 Å². The molecule has 0 bridgehead atoms. The van der Waals surface area contributed by atoms with Gasteiger partial charge in [-0.25, -0.2) is 0 Å². The number of thiophene rings is 1. The number of hydrogen-bond acceptors (Lipinski definition) is 4. The number of rotatable bonds is 6. The third kappa shape index (κ3) is 4.96. The Labute approximate surface area is 164 Å². The van der Waals surface area contributed by atoms with Crippen LogP contribution in [-0.2, 0) is 11.2 Å². The van der Waals surface area contributed by atoms with Crippen LogP contribution in [0.3, 0.4) is 0 Å². The lowest BCUT2D eigenvalue weighted by Gasteiger charge is -2.40. The molecule has 1 aromatic carbocycles. The van der Waals surface area contributed by atoms with Crippen LogP contribution in [0, 0.1) is 5.41 Å². The zero-order chi connectivity index (χ0) is 19.3. The second-order valence-corrected chi connectivity index (χ2v) is 8.48. The second-order valence-electron chi connectivity index (χ2n) is 7.53. The monoisotopic (exact) mass is 385 g/mol. The standard InChI is InChI=1S/C21H27N3O2S/c1-21(15-22)9-11-24(12-10-21)20(26)17(14-16-6-3-2-4-7-16)23-19(25)18-8-5-13-27-18/h2-8,13,17H,9-12,14-15,22H2,1H3,(H,23,25). The van der Waals surface area contributed by atoms with Gasteiger partial charge in [0.05, 0.1) is 4.88 Å². The summed E-state index contributed by atoms with van der Waals surface area (Å²) in [5.41, 5.74) is 7.02. The zero-order valence-corrected chi connectivity index (χ0v) is 16.5. The van der Waals surface area contributed by atoms with Crippen LogP contribution in [0.4, 0.5) is 0 Å². The van der Waals surface area contributed by atoms with E-state index in [4.69, 9.17) is 5.73 Å². The summed E-state index contributed by atoms with van der Waals surface area (Å²) in [6, 6.07) is 12.9. The lowest BCUT2D eigenvalue weighted by molar-refractivity contribution is -0.135. The van der Waals surface area contributed by atoms with E-state index in [1.165, 1.54) is 11.3 Å². The van der Waals surface area contributed by atoms with Gasteiger partial charge in [0.2, 0.25) is 5.91 Å². The summed E-state index contributed by atoms with van der Waals surface area (Å²) in [4.78, 5) is 28.2. The van der Waals surface area contributed by atoms with Gasteiger partial charge in [-0.3, -0.25) is 9.59 Å². The number of carbonyl (C=O) groups excluding carboxylic acids is 2. The number of nitrogens with two attached hydrogens (primary N) is 1. The summed E-state index contributed by atoms with van der Waals surface area (Å²) in [5, 5.41) is 4.82. The molecule has 1 fully saturated rings. The van der Waals surface area contributed by atoms with Crippen molar-refractivity contribution in [3.05, 3.63) is 58.3 Å². The van der Waals surface area contributed by atoms with Gasteiger partial charge in [-0.1, -0.05) is 43.3 Å². The number of amides is 2. The molecule has 0 aliphatic carbocycles. The molecule has 1 aromatic heterocycles. The molecule has 1 aliphatic heterocycles. The fourth-order valence-electron chi connectivity index (χ4n) is 3.38. The largest absolute Gasteiger partial charge is 0.341 e. The van der Waals surface area contributed by atoms with Crippen LogP contribution in [0.1, 0.15) is 35.0 Å². The predicted molar refractivity (Wildman–Crippen MR) is 109 cm³/mol. The van der Waals surface area contributed by atoms with E-state index in [2.05, 4.69) is 12.2 Å². The van der Waals surface area contributed by atoms with Gasteiger partial charge >= 0.3 is 0 Å². The van der Waals surface area contributed by atoms with E-state index in [9.17, 15) is 9.59 Å². The van der Waals surface area contributed by atoms with E-state index in [-0.39, 0.29) is 17.2 Å². The number of piperidine rings is 1. The average molecular weight is 386 g/mol. The van der Waals surface area contributed by atoms with Crippen molar-refractivity contribution in [3.8, 4) is 0 Å². The highest BCUT2D eigenvalue weighted by molar-refractivity contribution is 7.12. The van der Waals surface area contributed by atoms with E-state index >= 15 is 0 Å². The van der Waals surface area contributed by atoms with Crippen molar-refractivity contribution in [2.75, 3.05) is 19.6 Å². The first kappa shape index (κ1) is 19.6. The lowest BCUT2D eigenvalue weighted by Crippen LogP contribution is -2.53. The molecular formula is C21H27N3O2S. The smallest absolute Gasteiger partial charge is 0.262 e. The summed E-state index contributed by atoms with van der Waals surface area (Å²) in [6.45, 7) is 4.19. The average Bonchev–Trinajstić information content (AvgIpc) is 3.23. The van der Waals surface area contributed by atoms with Crippen molar-refractivity contribution < 1.29 is 9.59 Å². The second kappa shape index (κ2) is 8.67. The van der Waals surface area contributed by atoms with Crippen LogP contribution in [0.2, 0.25) is 0 Å². The van der Waals surface area contributed by atoms with Crippen molar-refractivity contribution >= 4 is 23.2 Å². The van der Waals surface area contributed by atoms with Gasteiger partial charge in [-0.05, 0) is 41.8 Å². The summed E-state index contributed by atoms with van der Waals surface area (Å²) in [6.07, 6.45) is 2.28. The maximum absolute atomic E-state index is 13.2. The molecule has 0 saturated carbocycles. The molecule has 2 aromatic rings. The molecule has 1 saturated heterocycles. The Morgan fingerprint density at radius 1 is 1.19 bits per heavy atom. The Morgan fingerprint density at radius 2 is 1.89 bits per heavy atom. The first-order valence-corrected chi connectivity index (χ1v) is 10.3. The molecule has 1 unspecified atom stereocenters. The highest BCUT2D eigenvalue weighted by atomic mass is 32.1. The molecule has 1 atom stereocenters. The minimum absolute atomic E-state index is 0.0113. The summed E-state index contributed by atoms with van der Waals surface area (Å²) >= 11 is 1.38. The first-order valence-electron chi connectivity index (χ1n) is 9.38. The van der Waals surface area contributed by atoms with E-state index in [0.29, 0.717) is 30.9 Å². The van der Waals surface area contributed by atoms with Gasteiger partial charge in [0.15, 0.2) is 0 Å². The lowest BCUT2D eigenvalue weighted by atomic mass is 9.80. The zero-order valence-electron chi connectivity index (χ0n) is 15.7. The molecular weight excluding hydrogens is 358 g/mol. The quantitative estimate of drug-likeness (QED) is 0.803. The number of nitrogens with one attached hydrogen (secondary N) is 1. The van der Waals surface area contributed by atoms with Crippen molar-refractivity contribution in [1.29, 1.82) is 0 Å². The Bertz CT molecular complexity index is 753. The van der Waals surface area contributed by atoms with Gasteiger partial charge in [0, 0.05) is 19.5 Å². The molecule has 2 amide bonds. The molecule has 6 heteroatoms. The highest BCUT2D eigenvalue weighted by Gasteiger charge is 2.34. The Balaban J connectivity index is 1.72. The molecule has 3 N–H and O–H groups in total. The number of nitrogens with zero attached hydrogens (tertiary/aromatic N) is 1. The van der Waals surface area contributed by atoms with Crippen LogP contribution >= 0.6 is 11.3 Å². The van der Waals surface area contributed by atoms with Gasteiger partial charge in [-0.2, -0.15) is 0 Å². The summed E-state index contributed by atoms with van der Waals surface area (Å²) < 4.78 is 0. The van der Waals surface area contributed by atoms with Crippen molar-refractivity contribution in [2.24, 2.45) is 11.1 Å². The van der Waals surface area contributed by atoms with E-state index in [0.717, 1.165) is 18.4 Å². The molecule has 1 aliphatic rings. The van der Waals surface area contributed by atoms with Crippen LogP contribution in [0.5, 0.6) is 0 Å². The highest BCUT2D eigenvalue weighted by Crippen LogP contribution is 2.29. The Kier molecular flexibility index (Phi) is 6.29. The molecule has 0 spiro atoms. The maximum Gasteiger partial charge on any atom is 0.262 e. The summed E-state index contributed by atoms with van der Waals surface area (Å²) in [5.74, 6) is -0.203. The van der Waals surface area contributed by atoms with Crippen LogP contribution in [0.15, 0.2) is 47.8 Å². The number of likely N-dealkylation sites (tertiary alicyclic amines) is 1. The van der Waals surface area contributed by atoms with Gasteiger partial charge < -0.3 is 16.0 Å². The van der Waals surface area contributed by atoms with Crippen molar-refractivity contribution in [1.82, 2.24) is 10.2 Å². The van der Waals surface area contributed by atoms with Crippen molar-refractivity contribution in [3.63, 3.8) is 0 Å². The van der Waals surface area contributed by atoms with E-state index < -0.39 is 6.04 Å². The molecule has 5 nitrogen and oxygen atoms in total. The predicted octanol–water partition coefficient (Wildman–Crippen LogP) is 2.68. The van der Waals surface area contributed by atoms with Crippen LogP contribution in [0.25, 0.3) is 0 Å². The molecule has 3 rings (SSSR count). The minimum Gasteiger partial charge on any atom is -0.341 e. The third-order valence-electron chi connectivity index (χ3n) is 5.41. The normalized spacial score (nSPS) is 17.3. The number of benzene rings is 1. The van der Waals surface area contributed by atoms with Gasteiger partial charge in [-0.15, -0.1) is 11.3 Å². The topological polar surface area (TPSA) is 75.4 Å². The fraction of sp³-hybridized carbons (Fsp3) is 0.429. The molecule has 27 heavy (non-hydrogen) atoms. The first-order chi connectivity index (χ1) is 13.0. The van der Waals surface area contributed by atoms with Crippen LogP contribution < -0.4 is 11.1 Å². The van der Waals surface area contributed by atoms with Gasteiger partial charge in [0.25, 0.3) is 5.91 Å². The summed E-state index contributed by atoms with van der Waals surface area (Å²) in [7, 11) is 0.